The Morgan fingerprint density at radius 1 is 1.36 bits per heavy atom. The molecule has 2 N–H and O–H groups in total. The van der Waals surface area contributed by atoms with E-state index in [1.165, 1.54) is 41.3 Å². The second-order valence-electron chi connectivity index (χ2n) is 4.76. The number of hydrogen-bond donors (Lipinski definition) is 1. The van der Waals surface area contributed by atoms with Gasteiger partial charge in [-0.2, -0.15) is 0 Å². The maximum absolute atomic E-state index is 6.02. The molecular formula is C12H14BrN. The van der Waals surface area contributed by atoms with Crippen molar-refractivity contribution >= 4 is 15.9 Å². The van der Waals surface area contributed by atoms with Crippen LogP contribution in [0.5, 0.6) is 0 Å². The minimum absolute atomic E-state index is 0.467. The van der Waals surface area contributed by atoms with Gasteiger partial charge in [-0.15, -0.1) is 0 Å². The maximum atomic E-state index is 6.02. The number of benzene rings is 1. The van der Waals surface area contributed by atoms with Crippen LogP contribution < -0.4 is 5.73 Å². The Morgan fingerprint density at radius 3 is 2.86 bits per heavy atom. The molecule has 1 nitrogen and oxygen atoms in total. The van der Waals surface area contributed by atoms with E-state index >= 15 is 0 Å². The SMILES string of the molecule is NC1CC12CCc1ccc(Br)cc1C2. The van der Waals surface area contributed by atoms with Crippen molar-refractivity contribution < 1.29 is 0 Å². The number of fused-ring (bicyclic) bond motifs is 1. The smallest absolute Gasteiger partial charge is 0.0178 e. The highest BCUT2D eigenvalue weighted by Crippen LogP contribution is 2.53. The fourth-order valence-electron chi connectivity index (χ4n) is 2.72. The summed E-state index contributed by atoms with van der Waals surface area (Å²) in [6.45, 7) is 0. The first-order chi connectivity index (χ1) is 6.70. The third kappa shape index (κ3) is 1.24. The lowest BCUT2D eigenvalue weighted by atomic mass is 9.81. The molecular weight excluding hydrogens is 238 g/mol. The molecule has 1 aromatic rings. The summed E-state index contributed by atoms with van der Waals surface area (Å²) in [5.74, 6) is 0. The summed E-state index contributed by atoms with van der Waals surface area (Å²) in [5, 5.41) is 0. The largest absolute Gasteiger partial charge is 0.327 e. The van der Waals surface area contributed by atoms with Gasteiger partial charge in [0.1, 0.15) is 0 Å². The Balaban J connectivity index is 1.97. The van der Waals surface area contributed by atoms with E-state index in [1.807, 2.05) is 0 Å². The van der Waals surface area contributed by atoms with Crippen molar-refractivity contribution in [3.8, 4) is 0 Å². The van der Waals surface area contributed by atoms with Crippen molar-refractivity contribution in [3.05, 3.63) is 33.8 Å². The zero-order chi connectivity index (χ0) is 9.76. The Hall–Kier alpha value is -0.340. The molecule has 2 unspecified atom stereocenters. The number of halogens is 1. The fourth-order valence-corrected chi connectivity index (χ4v) is 3.13. The summed E-state index contributed by atoms with van der Waals surface area (Å²) in [4.78, 5) is 0. The predicted molar refractivity (Wildman–Crippen MR) is 61.2 cm³/mol. The molecule has 0 saturated heterocycles. The lowest BCUT2D eigenvalue weighted by molar-refractivity contribution is 0.421. The molecule has 3 rings (SSSR count). The summed E-state index contributed by atoms with van der Waals surface area (Å²) >= 11 is 3.53. The average molecular weight is 252 g/mol. The molecule has 2 atom stereocenters. The van der Waals surface area contributed by atoms with E-state index < -0.39 is 0 Å². The summed E-state index contributed by atoms with van der Waals surface area (Å²) in [6.07, 6.45) is 4.95. The van der Waals surface area contributed by atoms with Gasteiger partial charge >= 0.3 is 0 Å². The monoisotopic (exact) mass is 251 g/mol. The molecule has 0 radical (unpaired) electrons. The van der Waals surface area contributed by atoms with E-state index in [0.717, 1.165) is 0 Å². The average Bonchev–Trinajstić information content (AvgIpc) is 2.75. The second kappa shape index (κ2) is 2.83. The Morgan fingerprint density at radius 2 is 2.14 bits per heavy atom. The quantitative estimate of drug-likeness (QED) is 0.754. The third-order valence-electron chi connectivity index (χ3n) is 3.86. The van der Waals surface area contributed by atoms with E-state index in [2.05, 4.69) is 34.1 Å². The van der Waals surface area contributed by atoms with Gasteiger partial charge in [-0.05, 0) is 54.4 Å². The minimum atomic E-state index is 0.467. The number of aryl methyl sites for hydroxylation is 1. The zero-order valence-corrected chi connectivity index (χ0v) is 9.68. The van der Waals surface area contributed by atoms with Gasteiger partial charge in [0.05, 0.1) is 0 Å². The van der Waals surface area contributed by atoms with Crippen molar-refractivity contribution in [2.75, 3.05) is 0 Å². The normalized spacial score (nSPS) is 34.3. The molecule has 2 heteroatoms. The van der Waals surface area contributed by atoms with Crippen molar-refractivity contribution in [2.24, 2.45) is 11.1 Å². The standard InChI is InChI=1S/C12H14BrN/c13-10-2-1-8-3-4-12(7-11(12)14)6-9(8)5-10/h1-2,5,11H,3-4,6-7,14H2. The lowest BCUT2D eigenvalue weighted by Gasteiger charge is -2.25. The van der Waals surface area contributed by atoms with E-state index in [-0.39, 0.29) is 0 Å². The summed E-state index contributed by atoms with van der Waals surface area (Å²) < 4.78 is 1.20. The molecule has 0 aromatic heterocycles. The number of nitrogens with two attached hydrogens (primary N) is 1. The Kier molecular flexibility index (Phi) is 1.80. The predicted octanol–water partition coefficient (Wildman–Crippen LogP) is 2.66. The molecule has 0 amide bonds. The van der Waals surface area contributed by atoms with Gasteiger partial charge in [-0.3, -0.25) is 0 Å². The first-order valence-corrected chi connectivity index (χ1v) is 6.02. The molecule has 0 bridgehead atoms. The molecule has 0 aliphatic heterocycles. The zero-order valence-electron chi connectivity index (χ0n) is 8.09. The maximum Gasteiger partial charge on any atom is 0.0178 e. The van der Waals surface area contributed by atoms with Gasteiger partial charge in [0.2, 0.25) is 0 Å². The lowest BCUT2D eigenvalue weighted by Crippen LogP contribution is -2.22. The van der Waals surface area contributed by atoms with Crippen LogP contribution in [0, 0.1) is 5.41 Å². The van der Waals surface area contributed by atoms with Gasteiger partial charge in [0.25, 0.3) is 0 Å². The highest BCUT2D eigenvalue weighted by Gasteiger charge is 2.52. The number of rotatable bonds is 0. The molecule has 1 saturated carbocycles. The molecule has 1 aromatic carbocycles. The molecule has 14 heavy (non-hydrogen) atoms. The van der Waals surface area contributed by atoms with Crippen LogP contribution in [0.3, 0.4) is 0 Å². The molecule has 0 heterocycles. The van der Waals surface area contributed by atoms with Crippen LogP contribution in [0.1, 0.15) is 24.0 Å². The molecule has 2 aliphatic rings. The summed E-state index contributed by atoms with van der Waals surface area (Å²) in [6, 6.07) is 7.13. The van der Waals surface area contributed by atoms with E-state index in [0.29, 0.717) is 11.5 Å². The van der Waals surface area contributed by atoms with Crippen molar-refractivity contribution in [3.63, 3.8) is 0 Å². The first kappa shape index (κ1) is 8.93. The van der Waals surface area contributed by atoms with Crippen LogP contribution in [0.15, 0.2) is 22.7 Å². The molecule has 2 aliphatic carbocycles. The van der Waals surface area contributed by atoms with Crippen molar-refractivity contribution in [1.82, 2.24) is 0 Å². The van der Waals surface area contributed by atoms with Crippen molar-refractivity contribution in [1.29, 1.82) is 0 Å². The summed E-state index contributed by atoms with van der Waals surface area (Å²) in [5.41, 5.74) is 9.53. The van der Waals surface area contributed by atoms with Gasteiger partial charge in [0, 0.05) is 10.5 Å². The third-order valence-corrected chi connectivity index (χ3v) is 4.35. The van der Waals surface area contributed by atoms with Crippen LogP contribution in [0.4, 0.5) is 0 Å². The van der Waals surface area contributed by atoms with Gasteiger partial charge < -0.3 is 5.73 Å². The van der Waals surface area contributed by atoms with Gasteiger partial charge in [-0.1, -0.05) is 22.0 Å². The van der Waals surface area contributed by atoms with Crippen LogP contribution in [0.2, 0.25) is 0 Å². The topological polar surface area (TPSA) is 26.0 Å². The van der Waals surface area contributed by atoms with E-state index in [1.54, 1.807) is 0 Å². The van der Waals surface area contributed by atoms with Crippen molar-refractivity contribution in [2.45, 2.75) is 31.7 Å². The van der Waals surface area contributed by atoms with Gasteiger partial charge in [0.15, 0.2) is 0 Å². The second-order valence-corrected chi connectivity index (χ2v) is 5.68. The van der Waals surface area contributed by atoms with E-state index in [4.69, 9.17) is 5.73 Å². The summed E-state index contributed by atoms with van der Waals surface area (Å²) in [7, 11) is 0. The molecule has 1 spiro atoms. The Labute approximate surface area is 92.8 Å². The Bertz CT molecular complexity index is 388. The fraction of sp³-hybridized carbons (Fsp3) is 0.500. The van der Waals surface area contributed by atoms with Crippen LogP contribution in [-0.2, 0) is 12.8 Å². The van der Waals surface area contributed by atoms with Gasteiger partial charge in [-0.25, -0.2) is 0 Å². The minimum Gasteiger partial charge on any atom is -0.327 e. The highest BCUT2D eigenvalue weighted by atomic mass is 79.9. The molecule has 74 valence electrons. The van der Waals surface area contributed by atoms with Crippen LogP contribution in [0.25, 0.3) is 0 Å². The van der Waals surface area contributed by atoms with Crippen LogP contribution in [-0.4, -0.2) is 6.04 Å². The molecule has 1 fully saturated rings. The number of hydrogen-bond acceptors (Lipinski definition) is 1. The highest BCUT2D eigenvalue weighted by molar-refractivity contribution is 9.10. The van der Waals surface area contributed by atoms with Crippen LogP contribution >= 0.6 is 15.9 Å². The van der Waals surface area contributed by atoms with E-state index in [9.17, 15) is 0 Å². The first-order valence-electron chi connectivity index (χ1n) is 5.23.